The predicted molar refractivity (Wildman–Crippen MR) is 61.0 cm³/mol. The van der Waals surface area contributed by atoms with E-state index in [9.17, 15) is 4.79 Å². The van der Waals surface area contributed by atoms with Gasteiger partial charge in [0.1, 0.15) is 6.29 Å². The van der Waals surface area contributed by atoms with E-state index in [1.165, 1.54) is 4.90 Å². The summed E-state index contributed by atoms with van der Waals surface area (Å²) in [6.07, 6.45) is 0.983. The molecule has 1 nitrogen and oxygen atoms in total. The number of aldehydes is 1. The van der Waals surface area contributed by atoms with Crippen LogP contribution in [-0.2, 0) is 4.79 Å². The summed E-state index contributed by atoms with van der Waals surface area (Å²) in [4.78, 5) is 11.5. The number of carbonyl (C=O) groups is 1. The zero-order valence-corrected chi connectivity index (χ0v) is 9.42. The number of benzene rings is 1. The largest absolute Gasteiger partial charge is 0.302 e. The summed E-state index contributed by atoms with van der Waals surface area (Å²) in [5, 5.41) is 0. The number of rotatable bonds is 4. The van der Waals surface area contributed by atoms with Crippen molar-refractivity contribution in [2.24, 2.45) is 0 Å². The lowest BCUT2D eigenvalue weighted by Gasteiger charge is -2.01. The monoisotopic (exact) mass is 292 g/mol. The van der Waals surface area contributed by atoms with Crippen LogP contribution in [0, 0.1) is 0 Å². The van der Waals surface area contributed by atoms with Crippen LogP contribution in [0.25, 0.3) is 0 Å². The average molecular weight is 292 g/mol. The lowest BCUT2D eigenvalue weighted by molar-refractivity contribution is -0.106. The molecule has 0 amide bonds. The highest BCUT2D eigenvalue weighted by Gasteiger charge is 2.01. The second kappa shape index (κ2) is 5.59. The van der Waals surface area contributed by atoms with Crippen molar-refractivity contribution in [3.05, 3.63) is 30.3 Å². The quantitative estimate of drug-likeness (QED) is 0.367. The van der Waals surface area contributed by atoms with E-state index in [1.807, 2.05) is 18.2 Å². The summed E-state index contributed by atoms with van der Waals surface area (Å²) < 4.78 is 0.118. The second-order valence-electron chi connectivity index (χ2n) is 2.28. The van der Waals surface area contributed by atoms with Crippen LogP contribution >= 0.6 is 34.4 Å². The first kappa shape index (κ1) is 10.1. The maximum atomic E-state index is 10.3. The number of hydrogen-bond acceptors (Lipinski definition) is 2. The van der Waals surface area contributed by atoms with Crippen molar-refractivity contribution < 1.29 is 4.79 Å². The molecule has 1 unspecified atom stereocenters. The third-order valence-corrected chi connectivity index (χ3v) is 3.76. The molecule has 0 aliphatic rings. The van der Waals surface area contributed by atoms with Gasteiger partial charge in [0.25, 0.3) is 0 Å². The van der Waals surface area contributed by atoms with Gasteiger partial charge in [-0.1, -0.05) is 40.8 Å². The van der Waals surface area contributed by atoms with Gasteiger partial charge in [0, 0.05) is 10.6 Å². The molecule has 0 radical (unpaired) electrons. The zero-order chi connectivity index (χ0) is 8.81. The van der Waals surface area contributed by atoms with Crippen LogP contribution in [0.3, 0.4) is 0 Å². The normalized spacial score (nSPS) is 12.4. The molecule has 1 aromatic rings. The topological polar surface area (TPSA) is 17.1 Å². The van der Waals surface area contributed by atoms with E-state index in [-0.39, 0.29) is 3.92 Å². The highest BCUT2D eigenvalue weighted by Crippen LogP contribution is 2.19. The average Bonchev–Trinajstić information content (AvgIpc) is 2.16. The summed E-state index contributed by atoms with van der Waals surface area (Å²) in [6.45, 7) is 0. The molecule has 1 rings (SSSR count). The van der Waals surface area contributed by atoms with Gasteiger partial charge in [-0.05, 0) is 12.1 Å². The van der Waals surface area contributed by atoms with Crippen molar-refractivity contribution in [3.63, 3.8) is 0 Å². The number of halogens is 1. The standard InChI is InChI=1S/C9H9IOS/c10-8(6-11)7-12-9-4-2-1-3-5-9/h1-6,8H,7H2. The Balaban J connectivity index is 2.38. The van der Waals surface area contributed by atoms with Gasteiger partial charge in [-0.2, -0.15) is 0 Å². The SMILES string of the molecule is O=CC(I)CSc1ccccc1. The maximum absolute atomic E-state index is 10.3. The number of alkyl halides is 1. The lowest BCUT2D eigenvalue weighted by atomic mass is 10.4. The Morgan fingerprint density at radius 3 is 2.67 bits per heavy atom. The number of carbonyl (C=O) groups excluding carboxylic acids is 1. The van der Waals surface area contributed by atoms with E-state index in [1.54, 1.807) is 11.8 Å². The Labute approximate surface area is 90.1 Å². The molecule has 1 aromatic carbocycles. The molecule has 0 bridgehead atoms. The van der Waals surface area contributed by atoms with Crippen molar-refractivity contribution in [1.29, 1.82) is 0 Å². The molecule has 0 fully saturated rings. The van der Waals surface area contributed by atoms with Crippen molar-refractivity contribution in [2.75, 3.05) is 5.75 Å². The molecular weight excluding hydrogens is 283 g/mol. The van der Waals surface area contributed by atoms with Crippen LogP contribution in [0.5, 0.6) is 0 Å². The third kappa shape index (κ3) is 3.58. The molecule has 0 saturated carbocycles. The van der Waals surface area contributed by atoms with E-state index >= 15 is 0 Å². The fourth-order valence-corrected chi connectivity index (χ4v) is 2.05. The summed E-state index contributed by atoms with van der Waals surface area (Å²) in [5.74, 6) is 0.855. The molecule has 0 N–H and O–H groups in total. The first-order chi connectivity index (χ1) is 5.83. The molecule has 0 aliphatic heterocycles. The van der Waals surface area contributed by atoms with Crippen LogP contribution in [0.4, 0.5) is 0 Å². The first-order valence-electron chi connectivity index (χ1n) is 3.60. The van der Waals surface area contributed by atoms with Crippen molar-refractivity contribution in [3.8, 4) is 0 Å². The van der Waals surface area contributed by atoms with Crippen molar-refractivity contribution in [1.82, 2.24) is 0 Å². The van der Waals surface area contributed by atoms with Gasteiger partial charge in [0.05, 0.1) is 3.92 Å². The third-order valence-electron chi connectivity index (χ3n) is 1.30. The van der Waals surface area contributed by atoms with Gasteiger partial charge in [-0.3, -0.25) is 0 Å². The Morgan fingerprint density at radius 1 is 1.42 bits per heavy atom. The van der Waals surface area contributed by atoms with Gasteiger partial charge in [-0.25, -0.2) is 0 Å². The molecule has 3 heteroatoms. The van der Waals surface area contributed by atoms with E-state index in [0.29, 0.717) is 0 Å². The van der Waals surface area contributed by atoms with Crippen molar-refractivity contribution in [2.45, 2.75) is 8.82 Å². The molecule has 12 heavy (non-hydrogen) atoms. The molecule has 64 valence electrons. The van der Waals surface area contributed by atoms with Crippen molar-refractivity contribution >= 4 is 40.6 Å². The smallest absolute Gasteiger partial charge is 0.133 e. The predicted octanol–water partition coefficient (Wildman–Crippen LogP) is 2.78. The van der Waals surface area contributed by atoms with Crippen LogP contribution in [-0.4, -0.2) is 16.0 Å². The molecule has 0 saturated heterocycles. The van der Waals surface area contributed by atoms with E-state index in [2.05, 4.69) is 34.7 Å². The maximum Gasteiger partial charge on any atom is 0.133 e. The fraction of sp³-hybridized carbons (Fsp3) is 0.222. The zero-order valence-electron chi connectivity index (χ0n) is 6.44. The van der Waals surface area contributed by atoms with Crippen LogP contribution in [0.2, 0.25) is 0 Å². The summed E-state index contributed by atoms with van der Waals surface area (Å²) in [6, 6.07) is 10.1. The highest BCUT2D eigenvalue weighted by atomic mass is 127. The molecule has 0 heterocycles. The van der Waals surface area contributed by atoms with Crippen LogP contribution in [0.1, 0.15) is 0 Å². The lowest BCUT2D eigenvalue weighted by Crippen LogP contribution is -2.01. The highest BCUT2D eigenvalue weighted by molar-refractivity contribution is 14.1. The first-order valence-corrected chi connectivity index (χ1v) is 5.83. The number of thioether (sulfide) groups is 1. The van der Waals surface area contributed by atoms with Gasteiger partial charge in [0.15, 0.2) is 0 Å². The van der Waals surface area contributed by atoms with Gasteiger partial charge < -0.3 is 4.79 Å². The molecule has 0 aromatic heterocycles. The van der Waals surface area contributed by atoms with Gasteiger partial charge in [0.2, 0.25) is 0 Å². The van der Waals surface area contributed by atoms with Gasteiger partial charge in [-0.15, -0.1) is 11.8 Å². The Hall–Kier alpha value is -0.0300. The minimum absolute atomic E-state index is 0.118. The molecule has 0 aliphatic carbocycles. The Kier molecular flexibility index (Phi) is 4.68. The number of hydrogen-bond donors (Lipinski definition) is 0. The summed E-state index contributed by atoms with van der Waals surface area (Å²) in [5.41, 5.74) is 0. The molecule has 0 spiro atoms. The Bertz CT molecular complexity index is 238. The van der Waals surface area contributed by atoms with E-state index in [0.717, 1.165) is 12.0 Å². The minimum atomic E-state index is 0.118. The van der Waals surface area contributed by atoms with Crippen LogP contribution in [0.15, 0.2) is 35.2 Å². The van der Waals surface area contributed by atoms with Gasteiger partial charge >= 0.3 is 0 Å². The Morgan fingerprint density at radius 2 is 2.08 bits per heavy atom. The van der Waals surface area contributed by atoms with E-state index in [4.69, 9.17) is 0 Å². The van der Waals surface area contributed by atoms with Crippen LogP contribution < -0.4 is 0 Å². The molecule has 1 atom stereocenters. The summed E-state index contributed by atoms with van der Waals surface area (Å²) >= 11 is 3.86. The summed E-state index contributed by atoms with van der Waals surface area (Å²) in [7, 11) is 0. The van der Waals surface area contributed by atoms with E-state index < -0.39 is 0 Å². The fourth-order valence-electron chi connectivity index (χ4n) is 0.732. The second-order valence-corrected chi connectivity index (χ2v) is 4.97. The minimum Gasteiger partial charge on any atom is -0.302 e. The molecular formula is C9H9IOS.